The first-order valence-electron chi connectivity index (χ1n) is 8.72. The summed E-state index contributed by atoms with van der Waals surface area (Å²) in [7, 11) is 1.93. The van der Waals surface area contributed by atoms with Crippen LogP contribution in [0.2, 0.25) is 0 Å². The van der Waals surface area contributed by atoms with Gasteiger partial charge in [-0.25, -0.2) is 0 Å². The van der Waals surface area contributed by atoms with E-state index in [0.717, 1.165) is 5.56 Å². The Balaban J connectivity index is 1.89. The zero-order valence-corrected chi connectivity index (χ0v) is 16.2. The average molecular weight is 365 g/mol. The largest absolute Gasteiger partial charge is 0.352 e. The number of likely N-dealkylation sites (N-methyl/N-ethyl adjacent to an activating group) is 2. The first kappa shape index (κ1) is 19.6. The molecule has 2 unspecified atom stereocenters. The van der Waals surface area contributed by atoms with E-state index in [1.807, 2.05) is 36.1 Å². The normalized spacial score (nSPS) is 20.5. The number of nitrogens with zero attached hydrogens (tertiary/aromatic N) is 2. The van der Waals surface area contributed by atoms with Gasteiger partial charge in [-0.05, 0) is 51.2 Å². The van der Waals surface area contributed by atoms with E-state index in [1.54, 1.807) is 6.07 Å². The average Bonchev–Trinajstić information content (AvgIpc) is 3.15. The molecule has 1 saturated heterocycles. The van der Waals surface area contributed by atoms with E-state index in [2.05, 4.69) is 5.32 Å². The van der Waals surface area contributed by atoms with E-state index in [4.69, 9.17) is 0 Å². The number of hydrogen-bond donors (Lipinski definition) is 1. The molecule has 1 aliphatic rings. The predicted molar refractivity (Wildman–Crippen MR) is 98.9 cm³/mol. The van der Waals surface area contributed by atoms with Crippen LogP contribution in [0, 0.1) is 0 Å². The lowest BCUT2D eigenvalue weighted by Gasteiger charge is -2.26. The fraction of sp³-hybridized carbons (Fsp3) is 0.611. The molecule has 0 bridgehead atoms. The second kappa shape index (κ2) is 8.58. The van der Waals surface area contributed by atoms with Crippen LogP contribution >= 0.6 is 11.3 Å². The highest BCUT2D eigenvalue weighted by atomic mass is 32.1. The Labute approximate surface area is 153 Å². The Morgan fingerprint density at radius 3 is 2.56 bits per heavy atom. The molecule has 1 N–H and O–H groups in total. The number of ketones is 1. The summed E-state index contributed by atoms with van der Waals surface area (Å²) in [6.07, 6.45) is 0.901. The van der Waals surface area contributed by atoms with Gasteiger partial charge >= 0.3 is 0 Å². The Morgan fingerprint density at radius 1 is 1.32 bits per heavy atom. The summed E-state index contributed by atoms with van der Waals surface area (Å²) in [6.45, 7) is 7.56. The van der Waals surface area contributed by atoms with Crippen molar-refractivity contribution in [3.05, 3.63) is 21.9 Å². The molecular formula is C18H27N3O3S. The smallest absolute Gasteiger partial charge is 0.239 e. The van der Waals surface area contributed by atoms with Crippen molar-refractivity contribution in [2.24, 2.45) is 0 Å². The summed E-state index contributed by atoms with van der Waals surface area (Å²) in [5, 5.41) is 4.88. The number of rotatable bonds is 7. The summed E-state index contributed by atoms with van der Waals surface area (Å²) in [4.78, 5) is 40.7. The van der Waals surface area contributed by atoms with Gasteiger partial charge in [0.05, 0.1) is 17.3 Å². The Kier molecular flexibility index (Phi) is 6.72. The van der Waals surface area contributed by atoms with Crippen molar-refractivity contribution >= 4 is 28.9 Å². The SMILES string of the molecule is CCN(CC)C(=O)C1CC(NC(=O)Cc2csc(C(C)=O)c2)CN1C. The monoisotopic (exact) mass is 365 g/mol. The van der Waals surface area contributed by atoms with Crippen molar-refractivity contribution < 1.29 is 14.4 Å². The fourth-order valence-corrected chi connectivity index (χ4v) is 4.07. The van der Waals surface area contributed by atoms with E-state index < -0.39 is 0 Å². The van der Waals surface area contributed by atoms with Crippen LogP contribution in [0.4, 0.5) is 0 Å². The van der Waals surface area contributed by atoms with Crippen LogP contribution in [0.15, 0.2) is 11.4 Å². The minimum atomic E-state index is -0.171. The van der Waals surface area contributed by atoms with Crippen LogP contribution < -0.4 is 5.32 Å². The zero-order chi connectivity index (χ0) is 18.6. The first-order valence-corrected chi connectivity index (χ1v) is 9.60. The van der Waals surface area contributed by atoms with Gasteiger partial charge in [-0.15, -0.1) is 11.3 Å². The topological polar surface area (TPSA) is 69.7 Å². The molecule has 0 radical (unpaired) electrons. The molecule has 1 aromatic rings. The molecule has 0 aromatic carbocycles. The molecule has 1 aromatic heterocycles. The number of thiophene rings is 1. The van der Waals surface area contributed by atoms with Crippen LogP contribution in [0.3, 0.4) is 0 Å². The Morgan fingerprint density at radius 2 is 2.00 bits per heavy atom. The lowest BCUT2D eigenvalue weighted by molar-refractivity contribution is -0.135. The maximum absolute atomic E-state index is 12.5. The van der Waals surface area contributed by atoms with Crippen molar-refractivity contribution in [2.45, 2.75) is 45.7 Å². The highest BCUT2D eigenvalue weighted by Gasteiger charge is 2.36. The molecule has 0 aliphatic carbocycles. The number of hydrogen-bond acceptors (Lipinski definition) is 5. The van der Waals surface area contributed by atoms with Crippen molar-refractivity contribution in [3.63, 3.8) is 0 Å². The first-order chi connectivity index (χ1) is 11.8. The molecule has 1 aliphatic heterocycles. The van der Waals surface area contributed by atoms with Crippen molar-refractivity contribution in [1.82, 2.24) is 15.1 Å². The van der Waals surface area contributed by atoms with Gasteiger partial charge in [-0.1, -0.05) is 0 Å². The lowest BCUT2D eigenvalue weighted by atomic mass is 10.1. The van der Waals surface area contributed by atoms with Crippen molar-refractivity contribution in [2.75, 3.05) is 26.7 Å². The molecule has 2 amide bonds. The quantitative estimate of drug-likeness (QED) is 0.745. The summed E-state index contributed by atoms with van der Waals surface area (Å²) in [5.41, 5.74) is 0.856. The van der Waals surface area contributed by atoms with E-state index in [-0.39, 0.29) is 36.1 Å². The second-order valence-corrected chi connectivity index (χ2v) is 7.43. The van der Waals surface area contributed by atoms with E-state index in [0.29, 0.717) is 30.9 Å². The lowest BCUT2D eigenvalue weighted by Crippen LogP contribution is -2.44. The standard InChI is InChI=1S/C18H27N3O3S/c1-5-21(6-2)18(24)15-9-14(10-20(15)4)19-17(23)8-13-7-16(12(3)22)25-11-13/h7,11,14-15H,5-6,8-10H2,1-4H3,(H,19,23). The van der Waals surface area contributed by atoms with Crippen LogP contribution in [0.1, 0.15) is 42.4 Å². The second-order valence-electron chi connectivity index (χ2n) is 6.52. The molecule has 2 atom stereocenters. The number of likely N-dealkylation sites (tertiary alicyclic amines) is 1. The van der Waals surface area contributed by atoms with Gasteiger partial charge in [0.15, 0.2) is 5.78 Å². The third kappa shape index (κ3) is 4.89. The van der Waals surface area contributed by atoms with Gasteiger partial charge in [-0.3, -0.25) is 19.3 Å². The molecule has 2 heterocycles. The predicted octanol–water partition coefficient (Wildman–Crippen LogP) is 1.55. The third-order valence-electron chi connectivity index (χ3n) is 4.64. The highest BCUT2D eigenvalue weighted by Crippen LogP contribution is 2.19. The number of carbonyl (C=O) groups excluding carboxylic acids is 3. The van der Waals surface area contributed by atoms with Gasteiger partial charge in [0.1, 0.15) is 0 Å². The number of amides is 2. The van der Waals surface area contributed by atoms with Gasteiger partial charge < -0.3 is 10.2 Å². The number of Topliss-reactive ketones (excluding diaryl/α,β-unsaturated/α-hetero) is 1. The molecule has 0 saturated carbocycles. The van der Waals surface area contributed by atoms with Crippen LogP contribution in [-0.2, 0) is 16.0 Å². The van der Waals surface area contributed by atoms with E-state index >= 15 is 0 Å². The maximum Gasteiger partial charge on any atom is 0.239 e. The summed E-state index contributed by atoms with van der Waals surface area (Å²) < 4.78 is 0. The molecule has 138 valence electrons. The number of nitrogens with one attached hydrogen (secondary N) is 1. The maximum atomic E-state index is 12.5. The van der Waals surface area contributed by atoms with E-state index in [9.17, 15) is 14.4 Å². The molecular weight excluding hydrogens is 338 g/mol. The third-order valence-corrected chi connectivity index (χ3v) is 5.72. The van der Waals surface area contributed by atoms with Gasteiger partial charge in [0.25, 0.3) is 0 Å². The van der Waals surface area contributed by atoms with Crippen LogP contribution in [0.25, 0.3) is 0 Å². The van der Waals surface area contributed by atoms with Gasteiger partial charge in [-0.2, -0.15) is 0 Å². The minimum Gasteiger partial charge on any atom is -0.352 e. The summed E-state index contributed by atoms with van der Waals surface area (Å²) in [5.74, 6) is 0.0854. The summed E-state index contributed by atoms with van der Waals surface area (Å²) >= 11 is 1.37. The fourth-order valence-electron chi connectivity index (χ4n) is 3.26. The number of carbonyl (C=O) groups is 3. The summed E-state index contributed by atoms with van der Waals surface area (Å²) in [6, 6.07) is 1.59. The van der Waals surface area contributed by atoms with Gasteiger partial charge in [0.2, 0.25) is 11.8 Å². The van der Waals surface area contributed by atoms with Gasteiger partial charge in [0, 0.05) is 25.7 Å². The Bertz CT molecular complexity index is 639. The zero-order valence-electron chi connectivity index (χ0n) is 15.4. The van der Waals surface area contributed by atoms with Crippen molar-refractivity contribution in [3.8, 4) is 0 Å². The van der Waals surface area contributed by atoms with Crippen LogP contribution in [0.5, 0.6) is 0 Å². The van der Waals surface area contributed by atoms with Crippen molar-refractivity contribution in [1.29, 1.82) is 0 Å². The van der Waals surface area contributed by atoms with Crippen LogP contribution in [-0.4, -0.2) is 66.2 Å². The Hall–Kier alpha value is -1.73. The molecule has 7 heteroatoms. The molecule has 0 spiro atoms. The molecule has 2 rings (SSSR count). The molecule has 1 fully saturated rings. The molecule has 25 heavy (non-hydrogen) atoms. The minimum absolute atomic E-state index is 0.0202. The molecule has 6 nitrogen and oxygen atoms in total. The highest BCUT2D eigenvalue weighted by molar-refractivity contribution is 7.12. The van der Waals surface area contributed by atoms with E-state index in [1.165, 1.54) is 18.3 Å².